The minimum absolute atomic E-state index is 0.147. The maximum atomic E-state index is 14.0. The van der Waals surface area contributed by atoms with Crippen LogP contribution in [0.2, 0.25) is 0 Å². The molecule has 1 aliphatic heterocycles. The maximum absolute atomic E-state index is 14.0. The quantitative estimate of drug-likeness (QED) is 0.778. The van der Waals surface area contributed by atoms with Gasteiger partial charge in [-0.25, -0.2) is 13.8 Å². The summed E-state index contributed by atoms with van der Waals surface area (Å²) in [7, 11) is 0. The third-order valence-electron chi connectivity index (χ3n) is 4.63. The Morgan fingerprint density at radius 3 is 3.04 bits per heavy atom. The Bertz CT molecular complexity index is 934. The molecular weight excluding hydrogens is 340 g/mol. The second kappa shape index (κ2) is 6.74. The van der Waals surface area contributed by atoms with Gasteiger partial charge in [-0.15, -0.1) is 0 Å². The van der Waals surface area contributed by atoms with Gasteiger partial charge >= 0.3 is 0 Å². The first-order valence-electron chi connectivity index (χ1n) is 8.42. The summed E-state index contributed by atoms with van der Waals surface area (Å²) in [5.74, 6) is 0.139. The molecule has 1 N–H and O–H groups in total. The summed E-state index contributed by atoms with van der Waals surface area (Å²) in [5, 5.41) is 2.75. The van der Waals surface area contributed by atoms with E-state index in [1.165, 1.54) is 6.07 Å². The maximum Gasteiger partial charge on any atom is 0.271 e. The molecule has 0 radical (unpaired) electrons. The fourth-order valence-electron chi connectivity index (χ4n) is 3.31. The normalized spacial score (nSPS) is 16.3. The zero-order chi connectivity index (χ0) is 18.1. The van der Waals surface area contributed by atoms with E-state index in [-0.39, 0.29) is 18.4 Å². The van der Waals surface area contributed by atoms with Crippen LogP contribution in [0.3, 0.4) is 0 Å². The number of imidazole rings is 1. The Balaban J connectivity index is 1.48. The van der Waals surface area contributed by atoms with Crippen LogP contribution in [0.25, 0.3) is 0 Å². The molecule has 0 bridgehead atoms. The van der Waals surface area contributed by atoms with Crippen LogP contribution in [-0.4, -0.2) is 15.5 Å². The molecule has 1 atom stereocenters. The van der Waals surface area contributed by atoms with Gasteiger partial charge in [0.1, 0.15) is 28.9 Å². The number of furan rings is 1. The summed E-state index contributed by atoms with van der Waals surface area (Å²) in [6.07, 6.45) is 4.47. The van der Waals surface area contributed by atoms with E-state index in [0.29, 0.717) is 36.4 Å². The third kappa shape index (κ3) is 3.24. The Morgan fingerprint density at radius 2 is 2.23 bits per heavy atom. The second-order valence-electron chi connectivity index (χ2n) is 6.36. The summed E-state index contributed by atoms with van der Waals surface area (Å²) in [4.78, 5) is 16.6. The van der Waals surface area contributed by atoms with Crippen molar-refractivity contribution >= 4 is 5.91 Å². The van der Waals surface area contributed by atoms with Gasteiger partial charge in [0, 0.05) is 25.1 Å². The molecule has 3 aromatic rings. The van der Waals surface area contributed by atoms with Crippen LogP contribution in [0, 0.1) is 11.6 Å². The molecule has 0 spiro atoms. The Hall–Kier alpha value is -2.96. The van der Waals surface area contributed by atoms with Crippen LogP contribution in [0.5, 0.6) is 0 Å². The van der Waals surface area contributed by atoms with Gasteiger partial charge in [-0.05, 0) is 42.3 Å². The van der Waals surface area contributed by atoms with Crippen molar-refractivity contribution in [1.82, 2.24) is 14.9 Å². The van der Waals surface area contributed by atoms with E-state index in [0.717, 1.165) is 18.0 Å². The lowest BCUT2D eigenvalue weighted by atomic mass is 9.91. The largest absolute Gasteiger partial charge is 0.467 e. The van der Waals surface area contributed by atoms with Crippen molar-refractivity contribution in [2.24, 2.45) is 0 Å². The Kier molecular flexibility index (Phi) is 4.28. The van der Waals surface area contributed by atoms with Gasteiger partial charge < -0.3 is 14.3 Å². The Labute approximate surface area is 148 Å². The van der Waals surface area contributed by atoms with Gasteiger partial charge in [0.2, 0.25) is 0 Å². The predicted octanol–water partition coefficient (Wildman–Crippen LogP) is 3.41. The lowest BCUT2D eigenvalue weighted by Crippen LogP contribution is -2.22. The van der Waals surface area contributed by atoms with Crippen molar-refractivity contribution in [2.75, 3.05) is 0 Å². The lowest BCUT2D eigenvalue weighted by Gasteiger charge is -2.24. The molecule has 1 aromatic carbocycles. The predicted molar refractivity (Wildman–Crippen MR) is 89.5 cm³/mol. The highest BCUT2D eigenvalue weighted by atomic mass is 19.1. The molecule has 5 nitrogen and oxygen atoms in total. The van der Waals surface area contributed by atoms with Gasteiger partial charge in [0.25, 0.3) is 5.91 Å². The molecule has 0 aliphatic carbocycles. The highest BCUT2D eigenvalue weighted by molar-refractivity contribution is 5.92. The highest BCUT2D eigenvalue weighted by Gasteiger charge is 2.25. The van der Waals surface area contributed by atoms with Crippen molar-refractivity contribution in [3.05, 3.63) is 77.3 Å². The van der Waals surface area contributed by atoms with Crippen molar-refractivity contribution in [1.29, 1.82) is 0 Å². The Morgan fingerprint density at radius 1 is 1.35 bits per heavy atom. The molecule has 0 unspecified atom stereocenters. The summed E-state index contributed by atoms with van der Waals surface area (Å²) in [5.41, 5.74) is 0.681. The zero-order valence-electron chi connectivity index (χ0n) is 13.9. The zero-order valence-corrected chi connectivity index (χ0v) is 13.9. The number of hydrogen-bond donors (Lipinski definition) is 1. The van der Waals surface area contributed by atoms with E-state index in [1.807, 2.05) is 4.57 Å². The van der Waals surface area contributed by atoms with E-state index >= 15 is 0 Å². The van der Waals surface area contributed by atoms with Gasteiger partial charge in [-0.3, -0.25) is 4.79 Å². The number of benzene rings is 1. The smallest absolute Gasteiger partial charge is 0.271 e. The fraction of sp³-hybridized carbons (Fsp3) is 0.263. The number of carbonyl (C=O) groups excluding carboxylic acids is 1. The number of fused-ring (bicyclic) bond motifs is 1. The molecule has 7 heteroatoms. The molecule has 0 saturated heterocycles. The first-order valence-corrected chi connectivity index (χ1v) is 8.42. The topological polar surface area (TPSA) is 60.1 Å². The molecule has 4 rings (SSSR count). The fourth-order valence-corrected chi connectivity index (χ4v) is 3.31. The number of aryl methyl sites for hydroxylation is 1. The van der Waals surface area contributed by atoms with Crippen molar-refractivity contribution in [3.8, 4) is 0 Å². The third-order valence-corrected chi connectivity index (χ3v) is 4.63. The minimum atomic E-state index is -0.448. The number of hydrogen-bond acceptors (Lipinski definition) is 3. The number of nitrogens with zero attached hydrogens (tertiary/aromatic N) is 2. The molecule has 3 heterocycles. The number of aromatic nitrogens is 2. The monoisotopic (exact) mass is 357 g/mol. The van der Waals surface area contributed by atoms with Crippen LogP contribution < -0.4 is 5.32 Å². The van der Waals surface area contributed by atoms with E-state index < -0.39 is 11.6 Å². The molecule has 0 fully saturated rings. The number of halogens is 2. The number of rotatable bonds is 4. The van der Waals surface area contributed by atoms with Crippen LogP contribution >= 0.6 is 0 Å². The second-order valence-corrected chi connectivity index (χ2v) is 6.36. The molecule has 26 heavy (non-hydrogen) atoms. The van der Waals surface area contributed by atoms with Gasteiger partial charge in [0.05, 0.1) is 12.8 Å². The summed E-state index contributed by atoms with van der Waals surface area (Å²) in [6, 6.07) is 7.05. The van der Waals surface area contributed by atoms with Gasteiger partial charge in [-0.2, -0.15) is 0 Å². The van der Waals surface area contributed by atoms with Crippen molar-refractivity contribution in [2.45, 2.75) is 31.8 Å². The molecule has 2 aromatic heterocycles. The number of nitrogens with one attached hydrogen (secondary N) is 1. The number of carbonyl (C=O) groups is 1. The van der Waals surface area contributed by atoms with E-state index in [2.05, 4.69) is 10.3 Å². The molecule has 1 aliphatic rings. The standard InChI is InChI=1S/C19H17F2N3O2/c20-13-4-5-16(21)15(8-13)12-3-6-18-23-17(11-24(18)10-12)19(25)22-9-14-2-1-7-26-14/h1-2,4-5,7-8,11-12H,3,6,9-10H2,(H,22,25)/t12-/m0/s1. The first kappa shape index (κ1) is 16.5. The molecular formula is C19H17F2N3O2. The average molecular weight is 357 g/mol. The summed E-state index contributed by atoms with van der Waals surface area (Å²) < 4.78 is 34.5. The average Bonchev–Trinajstić information content (AvgIpc) is 3.30. The first-order chi connectivity index (χ1) is 12.6. The van der Waals surface area contributed by atoms with Gasteiger partial charge in [0.15, 0.2) is 0 Å². The van der Waals surface area contributed by atoms with Crippen molar-refractivity contribution < 1.29 is 18.0 Å². The van der Waals surface area contributed by atoms with Crippen LogP contribution in [0.15, 0.2) is 47.2 Å². The summed E-state index contributed by atoms with van der Waals surface area (Å²) in [6.45, 7) is 0.749. The van der Waals surface area contributed by atoms with Crippen LogP contribution in [0.1, 0.15) is 40.0 Å². The number of amides is 1. The van der Waals surface area contributed by atoms with E-state index in [9.17, 15) is 13.6 Å². The van der Waals surface area contributed by atoms with Crippen LogP contribution in [-0.2, 0) is 19.5 Å². The summed E-state index contributed by atoms with van der Waals surface area (Å²) >= 11 is 0. The lowest BCUT2D eigenvalue weighted by molar-refractivity contribution is 0.0943. The minimum Gasteiger partial charge on any atom is -0.467 e. The molecule has 1 amide bonds. The molecule has 134 valence electrons. The van der Waals surface area contributed by atoms with E-state index in [4.69, 9.17) is 4.42 Å². The van der Waals surface area contributed by atoms with Gasteiger partial charge in [-0.1, -0.05) is 0 Å². The highest BCUT2D eigenvalue weighted by Crippen LogP contribution is 2.30. The van der Waals surface area contributed by atoms with E-state index in [1.54, 1.807) is 24.6 Å². The molecule has 0 saturated carbocycles. The van der Waals surface area contributed by atoms with Crippen molar-refractivity contribution in [3.63, 3.8) is 0 Å². The van der Waals surface area contributed by atoms with Crippen LogP contribution in [0.4, 0.5) is 8.78 Å². The SMILES string of the molecule is O=C(NCc1ccco1)c1cn2c(n1)CC[C@H](c1cc(F)ccc1F)C2.